The van der Waals surface area contributed by atoms with Crippen molar-refractivity contribution >= 4 is 17.2 Å². The van der Waals surface area contributed by atoms with Gasteiger partial charge in [0.15, 0.2) is 11.5 Å². The molecule has 0 aliphatic carbocycles. The Kier molecular flexibility index (Phi) is 5.18. The van der Waals surface area contributed by atoms with Crippen molar-refractivity contribution in [2.45, 2.75) is 12.5 Å². The molecule has 0 radical (unpaired) electrons. The van der Waals surface area contributed by atoms with E-state index < -0.39 is 0 Å². The van der Waals surface area contributed by atoms with Crippen LogP contribution in [-0.2, 0) is 6.42 Å². The minimum atomic E-state index is -0.0110. The van der Waals surface area contributed by atoms with E-state index in [0.29, 0.717) is 16.5 Å². The molecule has 1 atom stereocenters. The first-order chi connectivity index (χ1) is 8.12. The van der Waals surface area contributed by atoms with Crippen molar-refractivity contribution in [3.05, 3.63) is 23.8 Å². The molecule has 0 saturated carbocycles. The van der Waals surface area contributed by atoms with E-state index in [0.717, 1.165) is 12.0 Å². The molecular formula is C12H18N2O2S. The lowest BCUT2D eigenvalue weighted by Gasteiger charge is -2.15. The van der Waals surface area contributed by atoms with Gasteiger partial charge in [0.1, 0.15) is 0 Å². The maximum Gasteiger partial charge on any atom is 0.160 e. The zero-order valence-corrected chi connectivity index (χ0v) is 11.1. The van der Waals surface area contributed by atoms with Gasteiger partial charge in [0, 0.05) is 0 Å². The molecule has 0 saturated heterocycles. The number of methoxy groups -OCH3 is 2. The van der Waals surface area contributed by atoms with Crippen LogP contribution < -0.4 is 20.5 Å². The van der Waals surface area contributed by atoms with Gasteiger partial charge in [-0.15, -0.1) is 0 Å². The maximum absolute atomic E-state index is 5.63. The molecule has 0 spiro atoms. The zero-order chi connectivity index (χ0) is 12.8. The molecule has 1 aromatic carbocycles. The fourth-order valence-electron chi connectivity index (χ4n) is 1.59. The first-order valence-electron chi connectivity index (χ1n) is 5.29. The molecule has 1 rings (SSSR count). The van der Waals surface area contributed by atoms with E-state index in [1.807, 2.05) is 25.2 Å². The second-order valence-electron chi connectivity index (χ2n) is 3.64. The monoisotopic (exact) mass is 254 g/mol. The van der Waals surface area contributed by atoms with Gasteiger partial charge in [-0.25, -0.2) is 0 Å². The van der Waals surface area contributed by atoms with E-state index in [-0.39, 0.29) is 6.04 Å². The van der Waals surface area contributed by atoms with Crippen molar-refractivity contribution in [3.8, 4) is 11.5 Å². The predicted octanol–water partition coefficient (Wildman–Crippen LogP) is 1.12. The smallest absolute Gasteiger partial charge is 0.160 e. The molecule has 4 nitrogen and oxygen atoms in total. The summed E-state index contributed by atoms with van der Waals surface area (Å²) in [6.45, 7) is 0. The molecule has 0 amide bonds. The highest BCUT2D eigenvalue weighted by Gasteiger charge is 2.12. The van der Waals surface area contributed by atoms with Gasteiger partial charge in [0.2, 0.25) is 0 Å². The topological polar surface area (TPSA) is 56.5 Å². The first kappa shape index (κ1) is 13.7. The summed E-state index contributed by atoms with van der Waals surface area (Å²) in [5.41, 5.74) is 6.73. The summed E-state index contributed by atoms with van der Waals surface area (Å²) in [7, 11) is 5.07. The molecule has 0 aliphatic rings. The number of ether oxygens (including phenoxy) is 2. The largest absolute Gasteiger partial charge is 0.493 e. The molecule has 0 fully saturated rings. The third-order valence-corrected chi connectivity index (χ3v) is 2.86. The Morgan fingerprint density at radius 2 is 2.00 bits per heavy atom. The molecule has 0 aromatic heterocycles. The van der Waals surface area contributed by atoms with E-state index in [9.17, 15) is 0 Å². The van der Waals surface area contributed by atoms with Gasteiger partial charge in [-0.05, 0) is 31.2 Å². The fourth-order valence-corrected chi connectivity index (χ4v) is 1.79. The Bertz CT molecular complexity index is 396. The van der Waals surface area contributed by atoms with Gasteiger partial charge in [-0.1, -0.05) is 18.3 Å². The predicted molar refractivity (Wildman–Crippen MR) is 72.9 cm³/mol. The van der Waals surface area contributed by atoms with Crippen molar-refractivity contribution in [2.75, 3.05) is 21.3 Å². The molecule has 0 bridgehead atoms. The molecule has 1 unspecified atom stereocenters. The lowest BCUT2D eigenvalue weighted by Crippen LogP contribution is -2.39. The number of rotatable bonds is 6. The van der Waals surface area contributed by atoms with Crippen molar-refractivity contribution in [1.82, 2.24) is 5.32 Å². The van der Waals surface area contributed by atoms with Crippen molar-refractivity contribution in [2.24, 2.45) is 5.73 Å². The molecule has 0 heterocycles. The number of nitrogens with two attached hydrogens (primary N) is 1. The van der Waals surface area contributed by atoms with Crippen LogP contribution in [0, 0.1) is 0 Å². The van der Waals surface area contributed by atoms with E-state index in [1.54, 1.807) is 14.2 Å². The quantitative estimate of drug-likeness (QED) is 0.745. The summed E-state index contributed by atoms with van der Waals surface area (Å²) in [6, 6.07) is 5.77. The third-order valence-electron chi connectivity index (χ3n) is 2.58. The van der Waals surface area contributed by atoms with E-state index in [4.69, 9.17) is 27.4 Å². The molecule has 3 N–H and O–H groups in total. The van der Waals surface area contributed by atoms with Gasteiger partial charge in [0.05, 0.1) is 25.2 Å². The van der Waals surface area contributed by atoms with Crippen molar-refractivity contribution in [3.63, 3.8) is 0 Å². The van der Waals surface area contributed by atoms with Crippen LogP contribution in [0.4, 0.5) is 0 Å². The summed E-state index contributed by atoms with van der Waals surface area (Å²) >= 11 is 4.98. The van der Waals surface area contributed by atoms with Crippen molar-refractivity contribution in [1.29, 1.82) is 0 Å². The molecule has 94 valence electrons. The lowest BCUT2D eigenvalue weighted by atomic mass is 10.1. The maximum atomic E-state index is 5.63. The Balaban J connectivity index is 2.88. The second kappa shape index (κ2) is 6.42. The first-order valence-corrected chi connectivity index (χ1v) is 5.70. The van der Waals surface area contributed by atoms with Gasteiger partial charge >= 0.3 is 0 Å². The molecular weight excluding hydrogens is 236 g/mol. The van der Waals surface area contributed by atoms with Crippen LogP contribution in [0.2, 0.25) is 0 Å². The normalized spacial score (nSPS) is 11.9. The molecule has 17 heavy (non-hydrogen) atoms. The summed E-state index contributed by atoms with van der Waals surface area (Å²) in [6.07, 6.45) is 0.728. The minimum absolute atomic E-state index is 0.0110. The van der Waals surface area contributed by atoms with Crippen LogP contribution in [0.5, 0.6) is 11.5 Å². The van der Waals surface area contributed by atoms with Crippen LogP contribution >= 0.6 is 12.2 Å². The lowest BCUT2D eigenvalue weighted by molar-refractivity contribution is 0.354. The molecule has 5 heteroatoms. The van der Waals surface area contributed by atoms with Gasteiger partial charge in [0.25, 0.3) is 0 Å². The number of nitrogens with one attached hydrogen (secondary N) is 1. The van der Waals surface area contributed by atoms with E-state index in [2.05, 4.69) is 5.32 Å². The average Bonchev–Trinajstić information content (AvgIpc) is 2.35. The molecule has 0 aliphatic heterocycles. The highest BCUT2D eigenvalue weighted by Crippen LogP contribution is 2.27. The van der Waals surface area contributed by atoms with Crippen LogP contribution in [0.3, 0.4) is 0 Å². The number of hydrogen-bond acceptors (Lipinski definition) is 4. The molecule has 1 aromatic rings. The highest BCUT2D eigenvalue weighted by molar-refractivity contribution is 7.80. The van der Waals surface area contributed by atoms with Crippen LogP contribution in [-0.4, -0.2) is 32.3 Å². The number of hydrogen-bond donors (Lipinski definition) is 2. The van der Waals surface area contributed by atoms with Gasteiger partial charge in [-0.3, -0.25) is 0 Å². The summed E-state index contributed by atoms with van der Waals surface area (Å²) < 4.78 is 10.4. The highest BCUT2D eigenvalue weighted by atomic mass is 32.1. The summed E-state index contributed by atoms with van der Waals surface area (Å²) in [4.78, 5) is 0.460. The Hall–Kier alpha value is -1.33. The van der Waals surface area contributed by atoms with Gasteiger partial charge < -0.3 is 20.5 Å². The Morgan fingerprint density at radius 3 is 2.47 bits per heavy atom. The van der Waals surface area contributed by atoms with E-state index >= 15 is 0 Å². The second-order valence-corrected chi connectivity index (χ2v) is 4.11. The standard InChI is InChI=1S/C12H18N2O2S/c1-14-9(12(13)17)6-8-4-5-10(15-2)11(7-8)16-3/h4-5,7,9,14H,6H2,1-3H3,(H2,13,17). The van der Waals surface area contributed by atoms with Crippen LogP contribution in [0.1, 0.15) is 5.56 Å². The van der Waals surface area contributed by atoms with Crippen LogP contribution in [0.15, 0.2) is 18.2 Å². The number of thiocarbonyl (C=S) groups is 1. The Labute approximate surface area is 107 Å². The third kappa shape index (κ3) is 3.57. The fraction of sp³-hybridized carbons (Fsp3) is 0.417. The van der Waals surface area contributed by atoms with Gasteiger partial charge in [-0.2, -0.15) is 0 Å². The zero-order valence-electron chi connectivity index (χ0n) is 10.3. The number of likely N-dealkylation sites (N-methyl/N-ethyl adjacent to an activating group) is 1. The van der Waals surface area contributed by atoms with E-state index in [1.165, 1.54) is 0 Å². The SMILES string of the molecule is CNC(Cc1ccc(OC)c(OC)c1)C(N)=S. The summed E-state index contributed by atoms with van der Waals surface area (Å²) in [5.74, 6) is 1.43. The van der Waals surface area contributed by atoms with Crippen LogP contribution in [0.25, 0.3) is 0 Å². The summed E-state index contributed by atoms with van der Waals surface area (Å²) in [5, 5.41) is 3.08. The Morgan fingerprint density at radius 1 is 1.35 bits per heavy atom. The number of benzene rings is 1. The van der Waals surface area contributed by atoms with Crippen molar-refractivity contribution < 1.29 is 9.47 Å². The average molecular weight is 254 g/mol. The minimum Gasteiger partial charge on any atom is -0.493 e.